The molecule has 0 aliphatic rings. The van der Waals surface area contributed by atoms with Crippen LogP contribution >= 0.6 is 0 Å². The first-order valence-corrected chi connectivity index (χ1v) is 5.12. The van der Waals surface area contributed by atoms with Gasteiger partial charge in [0.15, 0.2) is 0 Å². The quantitative estimate of drug-likeness (QED) is 0.946. The van der Waals surface area contributed by atoms with Crippen LogP contribution in [-0.2, 0) is 31.0 Å². The van der Waals surface area contributed by atoms with Gasteiger partial charge < -0.3 is 5.11 Å². The van der Waals surface area contributed by atoms with E-state index in [1.54, 1.807) is 0 Å². The van der Waals surface area contributed by atoms with E-state index < -0.39 is 11.9 Å². The smallest absolute Gasteiger partial charge is 0.315 e. The molecule has 0 aliphatic carbocycles. The van der Waals surface area contributed by atoms with Crippen molar-refractivity contribution < 1.29 is 36.1 Å². The van der Waals surface area contributed by atoms with Crippen molar-refractivity contribution in [3.8, 4) is 0 Å². The summed E-state index contributed by atoms with van der Waals surface area (Å²) in [5, 5.41) is 9.28. The summed E-state index contributed by atoms with van der Waals surface area (Å²) in [5.74, 6) is -1.40. The van der Waals surface area contributed by atoms with Crippen molar-refractivity contribution >= 4 is 5.97 Å². The van der Waals surface area contributed by atoms with Crippen LogP contribution in [0.3, 0.4) is 0 Å². The normalized spacial score (nSPS) is 9.71. The summed E-state index contributed by atoms with van der Waals surface area (Å²) in [7, 11) is 0. The molecule has 0 bridgehead atoms. The number of hydrogen-bond donors (Lipinski definition) is 1. The molecule has 2 nitrogen and oxygen atoms in total. The van der Waals surface area contributed by atoms with Crippen LogP contribution in [0.1, 0.15) is 17.0 Å². The second-order valence-electron chi connectivity index (χ2n) is 3.59. The summed E-state index contributed by atoms with van der Waals surface area (Å²) in [6.45, 7) is 0. The zero-order chi connectivity index (χ0) is 11.4. The van der Waals surface area contributed by atoms with Crippen LogP contribution in [0.2, 0.25) is 0 Å². The first-order valence-electron chi connectivity index (χ1n) is 5.12. The van der Waals surface area contributed by atoms with Crippen LogP contribution in [0.25, 0.3) is 0 Å². The second-order valence-corrected chi connectivity index (χ2v) is 3.59. The van der Waals surface area contributed by atoms with Crippen molar-refractivity contribution in [3.63, 3.8) is 0 Å². The topological polar surface area (TPSA) is 37.3 Å². The van der Waals surface area contributed by atoms with Gasteiger partial charge >= 0.3 is 5.97 Å². The summed E-state index contributed by atoms with van der Waals surface area (Å²) < 4.78 is 0. The molecular formula is C14H12O2Zr. The van der Waals surface area contributed by atoms with Crippen molar-refractivity contribution in [2.75, 3.05) is 0 Å². The Morgan fingerprint density at radius 3 is 1.47 bits per heavy atom. The van der Waals surface area contributed by atoms with Gasteiger partial charge in [0.2, 0.25) is 0 Å². The predicted octanol–water partition coefficient (Wildman–Crippen LogP) is 2.90. The molecular weight excluding hydrogens is 291 g/mol. The Bertz CT molecular complexity index is 429. The molecule has 2 aromatic rings. The number of carboxylic acids is 1. The van der Waals surface area contributed by atoms with Gasteiger partial charge in [0.1, 0.15) is 5.92 Å². The zero-order valence-corrected chi connectivity index (χ0v) is 11.7. The molecule has 0 aliphatic heterocycles. The summed E-state index contributed by atoms with van der Waals surface area (Å²) in [4.78, 5) is 11.3. The number of carbonyl (C=O) groups is 1. The molecule has 0 saturated carbocycles. The fourth-order valence-corrected chi connectivity index (χ4v) is 1.77. The van der Waals surface area contributed by atoms with Gasteiger partial charge in [-0.25, -0.2) is 0 Å². The van der Waals surface area contributed by atoms with E-state index in [4.69, 9.17) is 0 Å². The molecule has 17 heavy (non-hydrogen) atoms. The number of aliphatic carboxylic acids is 1. The number of rotatable bonds is 3. The van der Waals surface area contributed by atoms with Gasteiger partial charge in [-0.05, 0) is 11.1 Å². The Balaban J connectivity index is 0.00000144. The fourth-order valence-electron chi connectivity index (χ4n) is 1.77. The zero-order valence-electron chi connectivity index (χ0n) is 9.21. The summed E-state index contributed by atoms with van der Waals surface area (Å²) in [6, 6.07) is 18.5. The van der Waals surface area contributed by atoms with Gasteiger partial charge in [-0.1, -0.05) is 60.7 Å². The largest absolute Gasteiger partial charge is 0.481 e. The Morgan fingerprint density at radius 2 is 1.18 bits per heavy atom. The van der Waals surface area contributed by atoms with Gasteiger partial charge in [-0.2, -0.15) is 0 Å². The molecule has 1 N–H and O–H groups in total. The van der Waals surface area contributed by atoms with Crippen molar-refractivity contribution in [2.45, 2.75) is 5.92 Å². The van der Waals surface area contributed by atoms with Gasteiger partial charge in [0.25, 0.3) is 0 Å². The maximum atomic E-state index is 11.3. The van der Waals surface area contributed by atoms with Crippen LogP contribution < -0.4 is 0 Å². The van der Waals surface area contributed by atoms with Crippen molar-refractivity contribution in [3.05, 3.63) is 71.8 Å². The van der Waals surface area contributed by atoms with E-state index >= 15 is 0 Å². The maximum absolute atomic E-state index is 11.3. The van der Waals surface area contributed by atoms with E-state index in [1.165, 1.54) is 0 Å². The van der Waals surface area contributed by atoms with Gasteiger partial charge in [-0.15, -0.1) is 0 Å². The molecule has 2 rings (SSSR count). The first-order chi connectivity index (χ1) is 7.79. The molecule has 0 saturated heterocycles. The third-order valence-corrected chi connectivity index (χ3v) is 2.51. The fraction of sp³-hybridized carbons (Fsp3) is 0.0714. The minimum Gasteiger partial charge on any atom is -0.481 e. The maximum Gasteiger partial charge on any atom is 0.315 e. The van der Waals surface area contributed by atoms with E-state index in [1.807, 2.05) is 60.7 Å². The third kappa shape index (κ3) is 3.37. The summed E-state index contributed by atoms with van der Waals surface area (Å²) >= 11 is 0. The molecule has 0 spiro atoms. The monoisotopic (exact) mass is 302 g/mol. The molecule has 0 atom stereocenters. The van der Waals surface area contributed by atoms with E-state index in [-0.39, 0.29) is 26.2 Å². The Kier molecular flexibility index (Phi) is 5.31. The molecule has 0 amide bonds. The number of benzene rings is 2. The van der Waals surface area contributed by atoms with Crippen LogP contribution in [0, 0.1) is 0 Å². The number of hydrogen-bond acceptors (Lipinski definition) is 1. The minimum atomic E-state index is -0.822. The summed E-state index contributed by atoms with van der Waals surface area (Å²) in [6.07, 6.45) is 0. The van der Waals surface area contributed by atoms with Gasteiger partial charge in [0.05, 0.1) is 0 Å². The van der Waals surface area contributed by atoms with Crippen molar-refractivity contribution in [1.82, 2.24) is 0 Å². The molecule has 0 radical (unpaired) electrons. The summed E-state index contributed by atoms with van der Waals surface area (Å²) in [5.41, 5.74) is 1.61. The SMILES string of the molecule is O=C(O)C(c1ccccc1)c1ccccc1.[Zr]. The minimum absolute atomic E-state index is 0. The van der Waals surface area contributed by atoms with Crippen LogP contribution in [-0.4, -0.2) is 11.1 Å². The molecule has 3 heteroatoms. The van der Waals surface area contributed by atoms with Crippen LogP contribution in [0.5, 0.6) is 0 Å². The van der Waals surface area contributed by atoms with E-state index in [2.05, 4.69) is 0 Å². The molecule has 0 unspecified atom stereocenters. The molecule has 0 fully saturated rings. The van der Waals surface area contributed by atoms with Crippen LogP contribution in [0.15, 0.2) is 60.7 Å². The average Bonchev–Trinajstić information content (AvgIpc) is 2.31. The third-order valence-electron chi connectivity index (χ3n) is 2.51. The van der Waals surface area contributed by atoms with Crippen LogP contribution in [0.4, 0.5) is 0 Å². The van der Waals surface area contributed by atoms with Crippen molar-refractivity contribution in [2.24, 2.45) is 0 Å². The molecule has 0 heterocycles. The standard InChI is InChI=1S/C14H12O2.Zr/c15-14(16)13(11-7-3-1-4-8-11)12-9-5-2-6-10-12;/h1-10,13H,(H,15,16);. The predicted molar refractivity (Wildman–Crippen MR) is 62.4 cm³/mol. The van der Waals surface area contributed by atoms with E-state index in [0.29, 0.717) is 0 Å². The van der Waals surface area contributed by atoms with E-state index in [0.717, 1.165) is 11.1 Å². The Hall–Kier alpha value is -1.21. The number of carboxylic acid groups (broad SMARTS) is 1. The van der Waals surface area contributed by atoms with E-state index in [9.17, 15) is 9.90 Å². The van der Waals surface area contributed by atoms with Gasteiger partial charge in [0, 0.05) is 26.2 Å². The first kappa shape index (κ1) is 13.9. The van der Waals surface area contributed by atoms with Crippen molar-refractivity contribution in [1.29, 1.82) is 0 Å². The van der Waals surface area contributed by atoms with Gasteiger partial charge in [-0.3, -0.25) is 4.79 Å². The molecule has 84 valence electrons. The molecule has 2 aromatic carbocycles. The Morgan fingerprint density at radius 1 is 0.824 bits per heavy atom. The Labute approximate surface area is 119 Å². The average molecular weight is 303 g/mol. The second kappa shape index (κ2) is 6.51. The molecule has 0 aromatic heterocycles.